The van der Waals surface area contributed by atoms with Crippen LogP contribution in [0.3, 0.4) is 0 Å². The number of sulfonamides is 1. The van der Waals surface area contributed by atoms with Gasteiger partial charge in [-0.2, -0.15) is 4.31 Å². The molecule has 0 aliphatic carbocycles. The Morgan fingerprint density at radius 3 is 2.32 bits per heavy atom. The fraction of sp³-hybridized carbons (Fsp3) is 0.381. The van der Waals surface area contributed by atoms with Crippen molar-refractivity contribution in [3.63, 3.8) is 0 Å². The molecule has 0 radical (unpaired) electrons. The summed E-state index contributed by atoms with van der Waals surface area (Å²) in [6.07, 6.45) is 3.47. The van der Waals surface area contributed by atoms with Gasteiger partial charge in [0.05, 0.1) is 10.5 Å². The van der Waals surface area contributed by atoms with Crippen LogP contribution in [-0.4, -0.2) is 55.7 Å². The van der Waals surface area contributed by atoms with Crippen molar-refractivity contribution in [1.29, 1.82) is 0 Å². The molecule has 3 rings (SSSR count). The van der Waals surface area contributed by atoms with Crippen LogP contribution in [0.1, 0.15) is 47.5 Å². The van der Waals surface area contributed by atoms with E-state index in [1.54, 1.807) is 32.0 Å². The lowest BCUT2D eigenvalue weighted by molar-refractivity contribution is 0.0844. The first-order chi connectivity index (χ1) is 14.9. The molecule has 1 aliphatic rings. The fourth-order valence-electron chi connectivity index (χ4n) is 3.55. The summed E-state index contributed by atoms with van der Waals surface area (Å²) in [5.41, 5.74) is 5.71. The molecule has 1 fully saturated rings. The molecule has 0 bridgehead atoms. The van der Waals surface area contributed by atoms with Crippen LogP contribution in [-0.2, 0) is 10.0 Å². The molecule has 10 heteroatoms. The summed E-state index contributed by atoms with van der Waals surface area (Å²) in [7, 11) is -3.73. The molecule has 1 aliphatic heterocycles. The minimum atomic E-state index is -3.73. The number of carbonyl (C=O) groups excluding carboxylic acids is 2. The number of nitrogens with one attached hydrogen (secondary N) is 2. The van der Waals surface area contributed by atoms with Crippen molar-refractivity contribution < 1.29 is 18.0 Å². The fourth-order valence-corrected chi connectivity index (χ4v) is 5.03. The third kappa shape index (κ3) is 5.02. The van der Waals surface area contributed by atoms with E-state index < -0.39 is 21.8 Å². The summed E-state index contributed by atoms with van der Waals surface area (Å²) in [5, 5.41) is 0. The molecule has 31 heavy (non-hydrogen) atoms. The summed E-state index contributed by atoms with van der Waals surface area (Å²) in [6, 6.07) is 9.44. The summed E-state index contributed by atoms with van der Waals surface area (Å²) < 4.78 is 27.2. The van der Waals surface area contributed by atoms with Crippen LogP contribution in [0.15, 0.2) is 47.5 Å². The van der Waals surface area contributed by atoms with E-state index in [4.69, 9.17) is 0 Å². The number of hydrogen-bond acceptors (Lipinski definition) is 6. The highest BCUT2D eigenvalue weighted by Crippen LogP contribution is 2.28. The van der Waals surface area contributed by atoms with Gasteiger partial charge in [-0.25, -0.2) is 8.42 Å². The SMILES string of the molecule is CCN(CC)S(=O)(=O)c1ccc(N2CCCC2)c(C(=O)NNC(=O)c2ccccn2)c1. The Morgan fingerprint density at radius 1 is 1.03 bits per heavy atom. The molecule has 1 saturated heterocycles. The molecule has 0 saturated carbocycles. The number of hydrazine groups is 1. The number of pyridine rings is 1. The van der Waals surface area contributed by atoms with Gasteiger partial charge in [0.1, 0.15) is 5.69 Å². The Hall–Kier alpha value is -2.98. The Balaban J connectivity index is 1.89. The van der Waals surface area contributed by atoms with Crippen molar-refractivity contribution in [2.45, 2.75) is 31.6 Å². The van der Waals surface area contributed by atoms with E-state index >= 15 is 0 Å². The van der Waals surface area contributed by atoms with Crippen LogP contribution in [0.5, 0.6) is 0 Å². The first-order valence-corrected chi connectivity index (χ1v) is 11.7. The van der Waals surface area contributed by atoms with Crippen LogP contribution < -0.4 is 15.8 Å². The number of rotatable bonds is 7. The van der Waals surface area contributed by atoms with Gasteiger partial charge in [0.2, 0.25) is 10.0 Å². The molecule has 2 heterocycles. The first kappa shape index (κ1) is 22.7. The van der Waals surface area contributed by atoms with E-state index in [1.807, 2.05) is 4.90 Å². The second-order valence-electron chi connectivity index (χ2n) is 7.09. The highest BCUT2D eigenvalue weighted by molar-refractivity contribution is 7.89. The van der Waals surface area contributed by atoms with Gasteiger partial charge in [0.15, 0.2) is 0 Å². The largest absolute Gasteiger partial charge is 0.371 e. The predicted octanol–water partition coefficient (Wildman–Crippen LogP) is 1.79. The molecule has 166 valence electrons. The smallest absolute Gasteiger partial charge is 0.288 e. The Bertz CT molecular complexity index is 1030. The maximum Gasteiger partial charge on any atom is 0.288 e. The molecule has 9 nitrogen and oxygen atoms in total. The third-order valence-corrected chi connectivity index (χ3v) is 7.24. The summed E-state index contributed by atoms with van der Waals surface area (Å²) >= 11 is 0. The number of hydrogen-bond donors (Lipinski definition) is 2. The highest BCUT2D eigenvalue weighted by atomic mass is 32.2. The summed E-state index contributed by atoms with van der Waals surface area (Å²) in [5.74, 6) is -1.16. The number of benzene rings is 1. The third-order valence-electron chi connectivity index (χ3n) is 5.19. The van der Waals surface area contributed by atoms with Gasteiger partial charge < -0.3 is 4.90 Å². The maximum absolute atomic E-state index is 13.0. The van der Waals surface area contributed by atoms with Gasteiger partial charge in [0, 0.05) is 38.1 Å². The zero-order valence-corrected chi connectivity index (χ0v) is 18.5. The van der Waals surface area contributed by atoms with Crippen LogP contribution in [0.25, 0.3) is 0 Å². The topological polar surface area (TPSA) is 112 Å². The van der Waals surface area contributed by atoms with Crippen molar-refractivity contribution in [3.8, 4) is 0 Å². The number of nitrogens with zero attached hydrogens (tertiary/aromatic N) is 3. The highest BCUT2D eigenvalue weighted by Gasteiger charge is 2.26. The van der Waals surface area contributed by atoms with Gasteiger partial charge in [0.25, 0.3) is 11.8 Å². The van der Waals surface area contributed by atoms with Crippen LogP contribution >= 0.6 is 0 Å². The normalized spacial score (nSPS) is 14.0. The second kappa shape index (κ2) is 9.88. The first-order valence-electron chi connectivity index (χ1n) is 10.3. The van der Waals surface area contributed by atoms with E-state index in [-0.39, 0.29) is 16.2 Å². The second-order valence-corrected chi connectivity index (χ2v) is 9.02. The minimum absolute atomic E-state index is 0.0420. The molecule has 0 spiro atoms. The Kier molecular flexibility index (Phi) is 7.24. The number of aromatic nitrogens is 1. The lowest BCUT2D eigenvalue weighted by Gasteiger charge is -2.23. The van der Waals surface area contributed by atoms with Gasteiger partial charge >= 0.3 is 0 Å². The van der Waals surface area contributed by atoms with E-state index in [0.29, 0.717) is 18.8 Å². The maximum atomic E-state index is 13.0. The molecule has 2 N–H and O–H groups in total. The molecule has 1 aromatic heterocycles. The number of amides is 2. The van der Waals surface area contributed by atoms with Crippen molar-refractivity contribution in [1.82, 2.24) is 20.1 Å². The van der Waals surface area contributed by atoms with E-state index in [2.05, 4.69) is 15.8 Å². The molecular formula is C21H27N5O4S. The van der Waals surface area contributed by atoms with Gasteiger partial charge in [-0.05, 0) is 43.2 Å². The monoisotopic (exact) mass is 445 g/mol. The van der Waals surface area contributed by atoms with Crippen molar-refractivity contribution >= 4 is 27.5 Å². The number of carbonyl (C=O) groups is 2. The van der Waals surface area contributed by atoms with Crippen LogP contribution in [0, 0.1) is 0 Å². The van der Waals surface area contributed by atoms with E-state index in [1.165, 1.54) is 28.7 Å². The molecule has 1 aromatic carbocycles. The van der Waals surface area contributed by atoms with Crippen molar-refractivity contribution in [2.75, 3.05) is 31.1 Å². The minimum Gasteiger partial charge on any atom is -0.371 e. The lowest BCUT2D eigenvalue weighted by atomic mass is 10.1. The van der Waals surface area contributed by atoms with Crippen molar-refractivity contribution in [3.05, 3.63) is 53.9 Å². The van der Waals surface area contributed by atoms with Crippen molar-refractivity contribution in [2.24, 2.45) is 0 Å². The van der Waals surface area contributed by atoms with Crippen LogP contribution in [0.4, 0.5) is 5.69 Å². The van der Waals surface area contributed by atoms with E-state index in [9.17, 15) is 18.0 Å². The zero-order chi connectivity index (χ0) is 22.4. The van der Waals surface area contributed by atoms with Gasteiger partial charge in [-0.3, -0.25) is 25.4 Å². The zero-order valence-electron chi connectivity index (χ0n) is 17.7. The predicted molar refractivity (Wildman–Crippen MR) is 117 cm³/mol. The summed E-state index contributed by atoms with van der Waals surface area (Å²) in [6.45, 7) is 5.75. The Morgan fingerprint density at radius 2 is 1.71 bits per heavy atom. The van der Waals surface area contributed by atoms with E-state index in [0.717, 1.165) is 25.9 Å². The molecule has 0 atom stereocenters. The quantitative estimate of drug-likeness (QED) is 0.629. The van der Waals surface area contributed by atoms with Gasteiger partial charge in [-0.15, -0.1) is 0 Å². The molecule has 0 unspecified atom stereocenters. The molecule has 2 amide bonds. The van der Waals surface area contributed by atoms with Crippen LogP contribution in [0.2, 0.25) is 0 Å². The molecule has 2 aromatic rings. The standard InChI is InChI=1S/C21H27N5O4S/c1-3-26(4-2)31(29,30)16-10-11-19(25-13-7-8-14-25)17(15-16)20(27)23-24-21(28)18-9-5-6-12-22-18/h5-6,9-12,15H,3-4,7-8,13-14H2,1-2H3,(H,23,27)(H,24,28). The Labute approximate surface area is 182 Å². The number of anilines is 1. The lowest BCUT2D eigenvalue weighted by Crippen LogP contribution is -2.42. The average molecular weight is 446 g/mol. The molecular weight excluding hydrogens is 418 g/mol. The average Bonchev–Trinajstić information content (AvgIpc) is 3.33. The van der Waals surface area contributed by atoms with Gasteiger partial charge in [-0.1, -0.05) is 19.9 Å². The summed E-state index contributed by atoms with van der Waals surface area (Å²) in [4.78, 5) is 31.2.